The Balaban J connectivity index is 5.25. The van der Waals surface area contributed by atoms with Crippen LogP contribution in [0.15, 0.2) is 0 Å². The van der Waals surface area contributed by atoms with Gasteiger partial charge in [0.25, 0.3) is 0 Å². The molecule has 17 nitrogen and oxygen atoms in total. The summed E-state index contributed by atoms with van der Waals surface area (Å²) in [6.45, 7) is 12.0. The monoisotopic (exact) mass is 1410 g/mol. The average Bonchev–Trinajstić information content (AvgIpc) is 2.47. The van der Waals surface area contributed by atoms with Crippen molar-refractivity contribution in [3.8, 4) is 0 Å². The van der Waals surface area contributed by atoms with Crippen molar-refractivity contribution in [3.05, 3.63) is 0 Å². The van der Waals surface area contributed by atoms with E-state index in [1.807, 2.05) is 0 Å². The first kappa shape index (κ1) is 94.1. The van der Waals surface area contributed by atoms with Crippen LogP contribution in [0.25, 0.3) is 0 Å². The number of unbranched alkanes of at least 4 members (excludes halogenated alkanes) is 41. The zero-order valence-corrected chi connectivity index (χ0v) is 64.6. The van der Waals surface area contributed by atoms with Crippen LogP contribution in [0.1, 0.15) is 395 Å². The van der Waals surface area contributed by atoms with Gasteiger partial charge in [0.1, 0.15) is 19.3 Å². The molecule has 0 heterocycles. The SMILES string of the molecule is CCCCCCCCCCCCC(=O)OC[C@H](COP(=O)(O)OC[C@H](O)COP(=O)(O)OC[C@@H](COC(=O)CCCCCCCCCCCCCCCC(C)C)OC(=O)CCCCCCCCCCCCCCCCC(C)CC)OC(=O)CCCCCCCCCCC(C)CC. The summed E-state index contributed by atoms with van der Waals surface area (Å²) in [6.07, 6.45) is 53.9. The Labute approximate surface area is 588 Å². The van der Waals surface area contributed by atoms with Gasteiger partial charge in [-0.25, -0.2) is 9.13 Å². The molecule has 0 aromatic heterocycles. The van der Waals surface area contributed by atoms with Crippen LogP contribution < -0.4 is 0 Å². The molecule has 0 aliphatic carbocycles. The van der Waals surface area contributed by atoms with E-state index >= 15 is 0 Å². The number of aliphatic hydroxyl groups is 1. The topological polar surface area (TPSA) is 237 Å². The lowest BCUT2D eigenvalue weighted by Gasteiger charge is -2.21. The summed E-state index contributed by atoms with van der Waals surface area (Å²) in [5.74, 6) is 0.290. The van der Waals surface area contributed by atoms with E-state index in [0.717, 1.165) is 108 Å². The summed E-state index contributed by atoms with van der Waals surface area (Å²) in [5.41, 5.74) is 0. The van der Waals surface area contributed by atoms with Gasteiger partial charge in [-0.05, 0) is 43.4 Å². The molecule has 0 saturated heterocycles. The van der Waals surface area contributed by atoms with Crippen LogP contribution in [0, 0.1) is 17.8 Å². The van der Waals surface area contributed by atoms with Crippen LogP contribution in [0.5, 0.6) is 0 Å². The van der Waals surface area contributed by atoms with Crippen LogP contribution in [-0.2, 0) is 65.4 Å². The molecule has 7 atom stereocenters. The number of aliphatic hydroxyl groups excluding tert-OH is 1. The molecule has 0 saturated carbocycles. The molecule has 4 unspecified atom stereocenters. The summed E-state index contributed by atoms with van der Waals surface area (Å²) < 4.78 is 68.6. The van der Waals surface area contributed by atoms with E-state index in [1.54, 1.807) is 0 Å². The second-order valence-electron chi connectivity index (χ2n) is 28.7. The number of carbonyl (C=O) groups is 4. The minimum absolute atomic E-state index is 0.105. The van der Waals surface area contributed by atoms with Crippen molar-refractivity contribution >= 4 is 39.5 Å². The maximum atomic E-state index is 13.1. The average molecular weight is 1410 g/mol. The molecular formula is C77H150O17P2. The Morgan fingerprint density at radius 3 is 0.792 bits per heavy atom. The fraction of sp³-hybridized carbons (Fsp3) is 0.948. The predicted octanol–water partition coefficient (Wildman–Crippen LogP) is 22.6. The van der Waals surface area contributed by atoms with E-state index < -0.39 is 97.5 Å². The molecule has 0 aliphatic heterocycles. The number of ether oxygens (including phenoxy) is 4. The number of hydrogen-bond donors (Lipinski definition) is 3. The van der Waals surface area contributed by atoms with Gasteiger partial charge in [-0.2, -0.15) is 0 Å². The fourth-order valence-corrected chi connectivity index (χ4v) is 13.3. The van der Waals surface area contributed by atoms with E-state index in [0.29, 0.717) is 25.7 Å². The lowest BCUT2D eigenvalue weighted by Crippen LogP contribution is -2.30. The van der Waals surface area contributed by atoms with Crippen molar-refractivity contribution < 1.29 is 80.2 Å². The zero-order valence-electron chi connectivity index (χ0n) is 62.8. The summed E-state index contributed by atoms with van der Waals surface area (Å²) in [5, 5.41) is 10.6. The highest BCUT2D eigenvalue weighted by molar-refractivity contribution is 7.47. The second-order valence-corrected chi connectivity index (χ2v) is 31.6. The van der Waals surface area contributed by atoms with Gasteiger partial charge in [0, 0.05) is 25.7 Å². The quantitative estimate of drug-likeness (QED) is 0.0222. The molecule has 0 bridgehead atoms. The molecule has 0 amide bonds. The summed E-state index contributed by atoms with van der Waals surface area (Å²) >= 11 is 0. The van der Waals surface area contributed by atoms with Crippen LogP contribution in [0.2, 0.25) is 0 Å². The number of carbonyl (C=O) groups excluding carboxylic acids is 4. The Bertz CT molecular complexity index is 1870. The van der Waals surface area contributed by atoms with E-state index in [9.17, 15) is 43.2 Å². The largest absolute Gasteiger partial charge is 0.472 e. The van der Waals surface area contributed by atoms with Crippen molar-refractivity contribution in [2.75, 3.05) is 39.6 Å². The molecule has 0 spiro atoms. The fourth-order valence-electron chi connectivity index (χ4n) is 11.7. The Kier molecular flexibility index (Phi) is 66.2. The first-order chi connectivity index (χ1) is 46.3. The Morgan fingerprint density at radius 2 is 0.531 bits per heavy atom. The Morgan fingerprint density at radius 1 is 0.302 bits per heavy atom. The number of phosphoric ester groups is 2. The second kappa shape index (κ2) is 67.5. The third-order valence-corrected chi connectivity index (χ3v) is 20.5. The lowest BCUT2D eigenvalue weighted by atomic mass is 9.99. The molecule has 0 fully saturated rings. The predicted molar refractivity (Wildman–Crippen MR) is 391 cm³/mol. The van der Waals surface area contributed by atoms with Gasteiger partial charge in [0.05, 0.1) is 26.4 Å². The van der Waals surface area contributed by atoms with E-state index in [-0.39, 0.29) is 25.7 Å². The number of esters is 4. The molecule has 0 aromatic rings. The molecule has 0 aliphatic rings. The van der Waals surface area contributed by atoms with Crippen molar-refractivity contribution in [1.82, 2.24) is 0 Å². The summed E-state index contributed by atoms with van der Waals surface area (Å²) in [6, 6.07) is 0. The van der Waals surface area contributed by atoms with E-state index in [2.05, 4.69) is 48.5 Å². The number of phosphoric acid groups is 2. The van der Waals surface area contributed by atoms with E-state index in [1.165, 1.54) is 205 Å². The van der Waals surface area contributed by atoms with Gasteiger partial charge < -0.3 is 33.8 Å². The molecule has 96 heavy (non-hydrogen) atoms. The van der Waals surface area contributed by atoms with Crippen molar-refractivity contribution in [2.45, 2.75) is 414 Å². The minimum atomic E-state index is -4.96. The lowest BCUT2D eigenvalue weighted by molar-refractivity contribution is -0.161. The highest BCUT2D eigenvalue weighted by Crippen LogP contribution is 2.45. The van der Waals surface area contributed by atoms with Gasteiger partial charge in [-0.1, -0.05) is 344 Å². The van der Waals surface area contributed by atoms with Crippen molar-refractivity contribution in [2.24, 2.45) is 17.8 Å². The molecule has 3 N–H and O–H groups in total. The Hall–Kier alpha value is -1.94. The molecule has 570 valence electrons. The molecule has 0 rings (SSSR count). The first-order valence-corrected chi connectivity index (χ1v) is 42.9. The maximum Gasteiger partial charge on any atom is 0.472 e. The van der Waals surface area contributed by atoms with Gasteiger partial charge >= 0.3 is 39.5 Å². The van der Waals surface area contributed by atoms with Crippen LogP contribution >= 0.6 is 15.6 Å². The highest BCUT2D eigenvalue weighted by atomic mass is 31.2. The number of rotatable bonds is 75. The molecule has 0 radical (unpaired) electrons. The van der Waals surface area contributed by atoms with Gasteiger partial charge in [0.15, 0.2) is 12.2 Å². The van der Waals surface area contributed by atoms with Crippen molar-refractivity contribution in [1.29, 1.82) is 0 Å². The highest BCUT2D eigenvalue weighted by Gasteiger charge is 2.30. The molecule has 0 aromatic carbocycles. The first-order valence-electron chi connectivity index (χ1n) is 39.9. The number of hydrogen-bond acceptors (Lipinski definition) is 15. The standard InChI is InChI=1S/C77H150O17P2/c1-8-11-12-13-14-15-29-37-44-51-58-74(79)87-65-73(94-77(82)61-54-47-40-33-32-36-43-50-57-70(7)10-3)67-92-96(85,86)90-63-71(78)62-89-95(83,84)91-66-72(64-88-75(80)59-52-45-38-30-25-22-18-19-23-27-34-41-48-55-68(4)5)93-76(81)60-53-46-39-31-26-21-17-16-20-24-28-35-42-49-56-69(6)9-2/h68-73,78H,8-67H2,1-7H3,(H,83,84)(H,85,86)/t69?,70?,71-,72-,73-/m1/s1. The third kappa shape index (κ3) is 67.9. The normalized spacial score (nSPS) is 14.6. The van der Waals surface area contributed by atoms with Gasteiger partial charge in [-0.3, -0.25) is 37.3 Å². The molecular weight excluding hydrogens is 1260 g/mol. The maximum absolute atomic E-state index is 13.1. The van der Waals surface area contributed by atoms with Crippen LogP contribution in [-0.4, -0.2) is 96.7 Å². The van der Waals surface area contributed by atoms with Gasteiger partial charge in [-0.15, -0.1) is 0 Å². The van der Waals surface area contributed by atoms with Gasteiger partial charge in [0.2, 0.25) is 0 Å². The van der Waals surface area contributed by atoms with Crippen LogP contribution in [0.3, 0.4) is 0 Å². The minimum Gasteiger partial charge on any atom is -0.462 e. The third-order valence-electron chi connectivity index (χ3n) is 18.6. The smallest absolute Gasteiger partial charge is 0.462 e. The van der Waals surface area contributed by atoms with Crippen LogP contribution in [0.4, 0.5) is 0 Å². The zero-order chi connectivity index (χ0) is 70.9. The van der Waals surface area contributed by atoms with E-state index in [4.69, 9.17) is 37.0 Å². The molecule has 19 heteroatoms. The van der Waals surface area contributed by atoms with Crippen molar-refractivity contribution in [3.63, 3.8) is 0 Å². The summed E-state index contributed by atoms with van der Waals surface area (Å²) in [7, 11) is -9.91. The summed E-state index contributed by atoms with van der Waals surface area (Å²) in [4.78, 5) is 72.8.